The Balaban J connectivity index is 2.12. The lowest BCUT2D eigenvalue weighted by Gasteiger charge is -2.12. The molecule has 2 N–H and O–H groups in total. The van der Waals surface area contributed by atoms with Crippen molar-refractivity contribution >= 4 is 11.6 Å². The maximum atomic E-state index is 14.0. The van der Waals surface area contributed by atoms with E-state index in [1.165, 1.54) is 23.4 Å². The predicted octanol–water partition coefficient (Wildman–Crippen LogP) is 1.20. The van der Waals surface area contributed by atoms with E-state index < -0.39 is 5.82 Å². The van der Waals surface area contributed by atoms with Crippen LogP contribution in [0.4, 0.5) is 10.1 Å². The highest BCUT2D eigenvalue weighted by atomic mass is 19.1. The van der Waals surface area contributed by atoms with Crippen LogP contribution in [0.5, 0.6) is 0 Å². The molecular weight excluding hydrogens is 261 g/mol. The minimum atomic E-state index is -0.477. The molecule has 0 radical (unpaired) electrons. The fraction of sp³-hybridized carbons (Fsp3) is 0.308. The monoisotopic (exact) mass is 277 g/mol. The summed E-state index contributed by atoms with van der Waals surface area (Å²) < 4.78 is 15.3. The first-order valence-corrected chi connectivity index (χ1v) is 6.22. The Morgan fingerprint density at radius 1 is 1.50 bits per heavy atom. The molecule has 20 heavy (non-hydrogen) atoms. The van der Waals surface area contributed by atoms with E-state index in [0.717, 1.165) is 0 Å². The minimum absolute atomic E-state index is 0.160. The Labute approximate surface area is 116 Å². The number of anilines is 1. The second-order valence-corrected chi connectivity index (χ2v) is 4.45. The van der Waals surface area contributed by atoms with Crippen molar-refractivity contribution in [3.63, 3.8) is 0 Å². The van der Waals surface area contributed by atoms with Gasteiger partial charge in [0.2, 0.25) is 5.91 Å². The Hall–Kier alpha value is -2.28. The first-order valence-electron chi connectivity index (χ1n) is 6.22. The van der Waals surface area contributed by atoms with Gasteiger partial charge in [-0.05, 0) is 25.2 Å². The molecule has 2 rings (SSSR count). The second kappa shape index (κ2) is 6.25. The molecule has 1 amide bonds. The molecule has 7 heteroatoms. The standard InChI is InChI=1S/C13H16FN5O/c1-9(6-15-2)13(20)18-10-3-4-12(11(14)5-10)19-8-16-7-17-19/h3-5,7-9,15H,6H2,1-2H3,(H,18,20). The number of benzene rings is 1. The molecule has 0 bridgehead atoms. The van der Waals surface area contributed by atoms with Crippen LogP contribution in [0.25, 0.3) is 5.69 Å². The number of hydrogen-bond acceptors (Lipinski definition) is 4. The van der Waals surface area contributed by atoms with Crippen LogP contribution in [-0.4, -0.2) is 34.3 Å². The van der Waals surface area contributed by atoms with E-state index in [4.69, 9.17) is 0 Å². The van der Waals surface area contributed by atoms with Gasteiger partial charge in [-0.3, -0.25) is 4.79 Å². The fourth-order valence-corrected chi connectivity index (χ4v) is 1.77. The highest BCUT2D eigenvalue weighted by Gasteiger charge is 2.13. The average Bonchev–Trinajstić information content (AvgIpc) is 2.93. The fourth-order valence-electron chi connectivity index (χ4n) is 1.77. The van der Waals surface area contributed by atoms with Crippen LogP contribution >= 0.6 is 0 Å². The van der Waals surface area contributed by atoms with Gasteiger partial charge in [-0.25, -0.2) is 14.1 Å². The van der Waals surface area contributed by atoms with E-state index in [1.54, 1.807) is 26.1 Å². The molecule has 1 heterocycles. The Morgan fingerprint density at radius 3 is 2.90 bits per heavy atom. The zero-order chi connectivity index (χ0) is 14.5. The highest BCUT2D eigenvalue weighted by molar-refractivity contribution is 5.92. The number of aromatic nitrogens is 3. The summed E-state index contributed by atoms with van der Waals surface area (Å²) in [5.74, 6) is -0.833. The lowest BCUT2D eigenvalue weighted by molar-refractivity contribution is -0.119. The summed E-state index contributed by atoms with van der Waals surface area (Å²) in [6.45, 7) is 2.36. The van der Waals surface area contributed by atoms with Crippen LogP contribution in [0.1, 0.15) is 6.92 Å². The number of hydrogen-bond donors (Lipinski definition) is 2. The molecule has 1 unspecified atom stereocenters. The number of nitrogens with zero attached hydrogens (tertiary/aromatic N) is 3. The SMILES string of the molecule is CNCC(C)C(=O)Nc1ccc(-n2cncn2)c(F)c1. The van der Waals surface area contributed by atoms with Crippen molar-refractivity contribution in [2.24, 2.45) is 5.92 Å². The first kappa shape index (κ1) is 14.1. The van der Waals surface area contributed by atoms with Gasteiger partial charge < -0.3 is 10.6 Å². The first-order chi connectivity index (χ1) is 9.61. The van der Waals surface area contributed by atoms with Gasteiger partial charge in [-0.1, -0.05) is 6.92 Å². The van der Waals surface area contributed by atoms with Crippen LogP contribution in [0, 0.1) is 11.7 Å². The van der Waals surface area contributed by atoms with E-state index in [9.17, 15) is 9.18 Å². The van der Waals surface area contributed by atoms with Crippen molar-refractivity contribution < 1.29 is 9.18 Å². The Bertz CT molecular complexity index is 584. The normalized spacial score (nSPS) is 12.2. The van der Waals surface area contributed by atoms with E-state index in [0.29, 0.717) is 12.2 Å². The predicted molar refractivity (Wildman–Crippen MR) is 73.0 cm³/mol. The van der Waals surface area contributed by atoms with Gasteiger partial charge in [0, 0.05) is 18.2 Å². The Kier molecular flexibility index (Phi) is 4.41. The third-order valence-electron chi connectivity index (χ3n) is 2.84. The zero-order valence-electron chi connectivity index (χ0n) is 11.3. The third-order valence-corrected chi connectivity index (χ3v) is 2.84. The largest absolute Gasteiger partial charge is 0.326 e. The van der Waals surface area contributed by atoms with Crippen LogP contribution in [0.3, 0.4) is 0 Å². The molecule has 106 valence electrons. The van der Waals surface area contributed by atoms with Crippen LogP contribution < -0.4 is 10.6 Å². The average molecular weight is 277 g/mol. The van der Waals surface area contributed by atoms with E-state index in [1.807, 2.05) is 0 Å². The molecule has 6 nitrogen and oxygen atoms in total. The van der Waals surface area contributed by atoms with Gasteiger partial charge in [0.05, 0.1) is 0 Å². The molecule has 0 aliphatic carbocycles. The van der Waals surface area contributed by atoms with Gasteiger partial charge in [0.25, 0.3) is 0 Å². The molecule has 0 aliphatic heterocycles. The quantitative estimate of drug-likeness (QED) is 0.861. The number of rotatable bonds is 5. The van der Waals surface area contributed by atoms with Gasteiger partial charge in [-0.2, -0.15) is 5.10 Å². The summed E-state index contributed by atoms with van der Waals surface area (Å²) in [4.78, 5) is 15.6. The van der Waals surface area contributed by atoms with Gasteiger partial charge in [-0.15, -0.1) is 0 Å². The van der Waals surface area contributed by atoms with Crippen molar-refractivity contribution in [3.05, 3.63) is 36.7 Å². The van der Waals surface area contributed by atoms with E-state index in [2.05, 4.69) is 20.7 Å². The van der Waals surface area contributed by atoms with Crippen LogP contribution in [-0.2, 0) is 4.79 Å². The Morgan fingerprint density at radius 2 is 2.30 bits per heavy atom. The summed E-state index contributed by atoms with van der Waals surface area (Å²) in [6.07, 6.45) is 2.74. The molecule has 0 spiro atoms. The lowest BCUT2D eigenvalue weighted by atomic mass is 10.1. The highest BCUT2D eigenvalue weighted by Crippen LogP contribution is 2.17. The molecule has 0 aliphatic rings. The summed E-state index contributed by atoms with van der Waals surface area (Å²) >= 11 is 0. The molecule has 0 saturated carbocycles. The van der Waals surface area contributed by atoms with Crippen molar-refractivity contribution in [1.29, 1.82) is 0 Å². The maximum absolute atomic E-state index is 14.0. The molecular formula is C13H16FN5O. The zero-order valence-corrected chi connectivity index (χ0v) is 11.3. The van der Waals surface area contributed by atoms with Gasteiger partial charge >= 0.3 is 0 Å². The number of carbonyl (C=O) groups excluding carboxylic acids is 1. The second-order valence-electron chi connectivity index (χ2n) is 4.45. The summed E-state index contributed by atoms with van der Waals surface area (Å²) in [6, 6.07) is 4.44. The molecule has 0 fully saturated rings. The summed E-state index contributed by atoms with van der Waals surface area (Å²) in [7, 11) is 1.77. The molecule has 1 aromatic carbocycles. The van der Waals surface area contributed by atoms with E-state index >= 15 is 0 Å². The smallest absolute Gasteiger partial charge is 0.228 e. The molecule has 1 aromatic heterocycles. The maximum Gasteiger partial charge on any atom is 0.228 e. The van der Waals surface area contributed by atoms with Crippen molar-refractivity contribution in [1.82, 2.24) is 20.1 Å². The van der Waals surface area contributed by atoms with Crippen molar-refractivity contribution in [2.45, 2.75) is 6.92 Å². The molecule has 0 saturated heterocycles. The van der Waals surface area contributed by atoms with Gasteiger partial charge in [0.1, 0.15) is 18.3 Å². The van der Waals surface area contributed by atoms with E-state index in [-0.39, 0.29) is 17.5 Å². The summed E-state index contributed by atoms with van der Waals surface area (Å²) in [5, 5.41) is 9.46. The van der Waals surface area contributed by atoms with Crippen LogP contribution in [0.2, 0.25) is 0 Å². The lowest BCUT2D eigenvalue weighted by Crippen LogP contribution is -2.28. The number of amides is 1. The molecule has 2 aromatic rings. The van der Waals surface area contributed by atoms with Gasteiger partial charge in [0.15, 0.2) is 5.82 Å². The number of carbonyl (C=O) groups is 1. The number of nitrogens with one attached hydrogen (secondary N) is 2. The minimum Gasteiger partial charge on any atom is -0.326 e. The third kappa shape index (κ3) is 3.18. The van der Waals surface area contributed by atoms with Crippen molar-refractivity contribution in [2.75, 3.05) is 18.9 Å². The van der Waals surface area contributed by atoms with Crippen molar-refractivity contribution in [3.8, 4) is 5.69 Å². The number of halogens is 1. The summed E-state index contributed by atoms with van der Waals surface area (Å²) in [5.41, 5.74) is 0.697. The topological polar surface area (TPSA) is 71.8 Å². The van der Waals surface area contributed by atoms with Crippen LogP contribution in [0.15, 0.2) is 30.9 Å². The molecule has 1 atom stereocenters.